The first-order valence-corrected chi connectivity index (χ1v) is 5.27. The lowest BCUT2D eigenvalue weighted by Gasteiger charge is -2.11. The maximum Gasteiger partial charge on any atom is 0.325 e. The van der Waals surface area contributed by atoms with E-state index in [1.165, 1.54) is 6.92 Å². The van der Waals surface area contributed by atoms with Gasteiger partial charge < -0.3 is 15.7 Å². The summed E-state index contributed by atoms with van der Waals surface area (Å²) in [7, 11) is 0. The van der Waals surface area contributed by atoms with Crippen molar-refractivity contribution in [2.75, 3.05) is 5.32 Å². The van der Waals surface area contributed by atoms with E-state index in [4.69, 9.17) is 5.11 Å². The molecular formula is C12H16N2O3. The fourth-order valence-electron chi connectivity index (χ4n) is 1.24. The van der Waals surface area contributed by atoms with Crippen molar-refractivity contribution >= 4 is 17.7 Å². The molecule has 1 rings (SSSR count). The standard InChI is InChI=1S/C12H16N2O3/c1-7-4-5-10(6-8(7)2)14-12(17)13-9(3)11(15)16/h4-6,9H,1-3H3,(H,15,16)(H2,13,14,17). The second-order valence-electron chi connectivity index (χ2n) is 3.96. The highest BCUT2D eigenvalue weighted by atomic mass is 16.4. The number of hydrogen-bond donors (Lipinski definition) is 3. The van der Waals surface area contributed by atoms with Gasteiger partial charge in [-0.25, -0.2) is 4.79 Å². The minimum atomic E-state index is -1.07. The summed E-state index contributed by atoms with van der Waals surface area (Å²) >= 11 is 0. The number of rotatable bonds is 3. The highest BCUT2D eigenvalue weighted by Crippen LogP contribution is 2.13. The van der Waals surface area contributed by atoms with Crippen LogP contribution in [-0.2, 0) is 4.79 Å². The molecule has 5 heteroatoms. The van der Waals surface area contributed by atoms with Crippen molar-refractivity contribution in [1.82, 2.24) is 5.32 Å². The smallest absolute Gasteiger partial charge is 0.325 e. The summed E-state index contributed by atoms with van der Waals surface area (Å²) in [5.74, 6) is -1.07. The second kappa shape index (κ2) is 5.34. The Kier molecular flexibility index (Phi) is 4.09. The third-order valence-corrected chi connectivity index (χ3v) is 2.48. The summed E-state index contributed by atoms with van der Waals surface area (Å²) < 4.78 is 0. The molecule has 92 valence electrons. The normalized spacial score (nSPS) is 11.7. The van der Waals surface area contributed by atoms with Gasteiger partial charge in [-0.05, 0) is 44.0 Å². The van der Waals surface area contributed by atoms with E-state index in [0.717, 1.165) is 11.1 Å². The molecule has 5 nitrogen and oxygen atoms in total. The zero-order valence-corrected chi connectivity index (χ0v) is 10.1. The van der Waals surface area contributed by atoms with Crippen LogP contribution in [0.3, 0.4) is 0 Å². The van der Waals surface area contributed by atoms with Gasteiger partial charge in [0.1, 0.15) is 6.04 Å². The number of aryl methyl sites for hydroxylation is 2. The number of urea groups is 1. The van der Waals surface area contributed by atoms with Gasteiger partial charge in [-0.1, -0.05) is 6.07 Å². The highest BCUT2D eigenvalue weighted by molar-refractivity contribution is 5.92. The van der Waals surface area contributed by atoms with E-state index in [0.29, 0.717) is 5.69 Å². The van der Waals surface area contributed by atoms with Crippen LogP contribution in [0.1, 0.15) is 18.1 Å². The van der Waals surface area contributed by atoms with Gasteiger partial charge in [-0.2, -0.15) is 0 Å². The molecular weight excluding hydrogens is 220 g/mol. The number of amides is 2. The number of carboxylic acids is 1. The number of aliphatic carboxylic acids is 1. The van der Waals surface area contributed by atoms with Gasteiger partial charge >= 0.3 is 12.0 Å². The minimum Gasteiger partial charge on any atom is -0.480 e. The molecule has 0 aliphatic rings. The lowest BCUT2D eigenvalue weighted by Crippen LogP contribution is -2.40. The Morgan fingerprint density at radius 1 is 1.24 bits per heavy atom. The van der Waals surface area contributed by atoms with Gasteiger partial charge in [0, 0.05) is 5.69 Å². The van der Waals surface area contributed by atoms with E-state index in [9.17, 15) is 9.59 Å². The van der Waals surface area contributed by atoms with Gasteiger partial charge in [0.15, 0.2) is 0 Å². The predicted octanol–water partition coefficient (Wildman–Crippen LogP) is 1.90. The second-order valence-corrected chi connectivity index (χ2v) is 3.96. The van der Waals surface area contributed by atoms with E-state index < -0.39 is 18.0 Å². The summed E-state index contributed by atoms with van der Waals surface area (Å²) in [5.41, 5.74) is 2.84. The molecule has 1 unspecified atom stereocenters. The fourth-order valence-corrected chi connectivity index (χ4v) is 1.24. The van der Waals surface area contributed by atoms with Crippen molar-refractivity contribution in [2.45, 2.75) is 26.8 Å². The predicted molar refractivity (Wildman–Crippen MR) is 65.2 cm³/mol. The monoisotopic (exact) mass is 236 g/mol. The Morgan fingerprint density at radius 3 is 2.41 bits per heavy atom. The van der Waals surface area contributed by atoms with Gasteiger partial charge in [-0.3, -0.25) is 4.79 Å². The summed E-state index contributed by atoms with van der Waals surface area (Å²) in [6.45, 7) is 5.33. The van der Waals surface area contributed by atoms with Gasteiger partial charge in [0.2, 0.25) is 0 Å². The molecule has 0 fully saturated rings. The van der Waals surface area contributed by atoms with E-state index in [-0.39, 0.29) is 0 Å². The van der Waals surface area contributed by atoms with Crippen LogP contribution in [0.25, 0.3) is 0 Å². The summed E-state index contributed by atoms with van der Waals surface area (Å²) in [5, 5.41) is 13.5. The molecule has 2 amide bonds. The van der Waals surface area contributed by atoms with Crippen LogP contribution in [0.5, 0.6) is 0 Å². The SMILES string of the molecule is Cc1ccc(NC(=O)NC(C)C(=O)O)cc1C. The molecule has 1 aromatic carbocycles. The van der Waals surface area contributed by atoms with Crippen LogP contribution in [0, 0.1) is 13.8 Å². The molecule has 17 heavy (non-hydrogen) atoms. The molecule has 1 aromatic rings. The molecule has 0 aromatic heterocycles. The van der Waals surface area contributed by atoms with Crippen molar-refractivity contribution < 1.29 is 14.7 Å². The van der Waals surface area contributed by atoms with Crippen LogP contribution >= 0.6 is 0 Å². The van der Waals surface area contributed by atoms with E-state index in [1.807, 2.05) is 26.0 Å². The molecule has 0 aliphatic carbocycles. The number of nitrogens with one attached hydrogen (secondary N) is 2. The molecule has 3 N–H and O–H groups in total. The van der Waals surface area contributed by atoms with Crippen molar-refractivity contribution in [3.05, 3.63) is 29.3 Å². The van der Waals surface area contributed by atoms with Crippen molar-refractivity contribution in [3.63, 3.8) is 0 Å². The zero-order valence-electron chi connectivity index (χ0n) is 10.1. The van der Waals surface area contributed by atoms with Crippen LogP contribution in [0.4, 0.5) is 10.5 Å². The Balaban J connectivity index is 2.62. The average Bonchev–Trinajstić information content (AvgIpc) is 2.23. The Morgan fingerprint density at radius 2 is 1.88 bits per heavy atom. The molecule has 0 saturated heterocycles. The quantitative estimate of drug-likeness (QED) is 0.750. The third kappa shape index (κ3) is 3.79. The highest BCUT2D eigenvalue weighted by Gasteiger charge is 2.13. The molecule has 0 radical (unpaired) electrons. The van der Waals surface area contributed by atoms with Crippen LogP contribution in [0.15, 0.2) is 18.2 Å². The third-order valence-electron chi connectivity index (χ3n) is 2.48. The van der Waals surface area contributed by atoms with Gasteiger partial charge in [-0.15, -0.1) is 0 Å². The molecule has 0 bridgehead atoms. The zero-order chi connectivity index (χ0) is 13.0. The van der Waals surface area contributed by atoms with Gasteiger partial charge in [0.05, 0.1) is 0 Å². The molecule has 0 aliphatic heterocycles. The van der Waals surface area contributed by atoms with Crippen molar-refractivity contribution in [3.8, 4) is 0 Å². The number of anilines is 1. The average molecular weight is 236 g/mol. The van der Waals surface area contributed by atoms with E-state index in [2.05, 4.69) is 10.6 Å². The summed E-state index contributed by atoms with van der Waals surface area (Å²) in [4.78, 5) is 22.0. The Bertz CT molecular complexity index is 443. The Labute approximate surface area is 99.8 Å². The fraction of sp³-hybridized carbons (Fsp3) is 0.333. The van der Waals surface area contributed by atoms with Crippen LogP contribution in [-0.4, -0.2) is 23.1 Å². The summed E-state index contributed by atoms with van der Waals surface area (Å²) in [6, 6.07) is 4.06. The lowest BCUT2D eigenvalue weighted by molar-refractivity contribution is -0.138. The number of carbonyl (C=O) groups excluding carboxylic acids is 1. The molecule has 0 heterocycles. The first-order valence-electron chi connectivity index (χ1n) is 5.27. The minimum absolute atomic E-state index is 0.525. The Hall–Kier alpha value is -2.04. The number of carbonyl (C=O) groups is 2. The first-order chi connectivity index (χ1) is 7.90. The van der Waals surface area contributed by atoms with Crippen molar-refractivity contribution in [2.24, 2.45) is 0 Å². The maximum absolute atomic E-state index is 11.4. The topological polar surface area (TPSA) is 78.4 Å². The van der Waals surface area contributed by atoms with E-state index in [1.54, 1.807) is 6.07 Å². The lowest BCUT2D eigenvalue weighted by atomic mass is 10.1. The van der Waals surface area contributed by atoms with Crippen molar-refractivity contribution in [1.29, 1.82) is 0 Å². The van der Waals surface area contributed by atoms with E-state index >= 15 is 0 Å². The first kappa shape index (κ1) is 13.0. The van der Waals surface area contributed by atoms with Gasteiger partial charge in [0.25, 0.3) is 0 Å². The number of hydrogen-bond acceptors (Lipinski definition) is 2. The number of carboxylic acid groups (broad SMARTS) is 1. The molecule has 0 spiro atoms. The maximum atomic E-state index is 11.4. The van der Waals surface area contributed by atoms with Crippen LogP contribution < -0.4 is 10.6 Å². The summed E-state index contributed by atoms with van der Waals surface area (Å²) in [6.07, 6.45) is 0. The largest absolute Gasteiger partial charge is 0.480 e. The molecule has 0 saturated carbocycles. The van der Waals surface area contributed by atoms with Crippen LogP contribution in [0.2, 0.25) is 0 Å². The molecule has 1 atom stereocenters. The number of benzene rings is 1.